The highest BCUT2D eigenvalue weighted by molar-refractivity contribution is 6.05. The number of hydrogen-bond donors (Lipinski definition) is 2. The second-order valence-electron chi connectivity index (χ2n) is 5.97. The van der Waals surface area contributed by atoms with Crippen LogP contribution in [-0.4, -0.2) is 20.4 Å². The average molecular weight is 352 g/mol. The Balaban J connectivity index is 2.02. The number of pyridine rings is 1. The fourth-order valence-corrected chi connectivity index (χ4v) is 2.87. The van der Waals surface area contributed by atoms with Gasteiger partial charge < -0.3 is 5.32 Å². The molecule has 0 spiro atoms. The van der Waals surface area contributed by atoms with Gasteiger partial charge in [-0.25, -0.2) is 9.78 Å². The highest BCUT2D eigenvalue weighted by atomic mass is 16.2. The molecule has 2 heterocycles. The molecule has 0 atom stereocenters. The van der Waals surface area contributed by atoms with E-state index in [-0.39, 0.29) is 22.5 Å². The maximum Gasteiger partial charge on any atom is 0.329 e. The summed E-state index contributed by atoms with van der Waals surface area (Å²) in [6.45, 7) is 4.38. The number of aromatic amines is 1. The summed E-state index contributed by atoms with van der Waals surface area (Å²) in [7, 11) is 0. The highest BCUT2D eigenvalue weighted by Crippen LogP contribution is 2.17. The van der Waals surface area contributed by atoms with E-state index in [4.69, 9.17) is 0 Å². The van der Waals surface area contributed by atoms with Crippen LogP contribution in [0.1, 0.15) is 36.2 Å². The topological polar surface area (TPSA) is 96.9 Å². The number of aromatic nitrogens is 3. The Morgan fingerprint density at radius 1 is 1.23 bits per heavy atom. The molecule has 3 aromatic rings. The van der Waals surface area contributed by atoms with Crippen LogP contribution in [0.25, 0.3) is 11.0 Å². The van der Waals surface area contributed by atoms with E-state index < -0.39 is 11.2 Å². The van der Waals surface area contributed by atoms with Crippen molar-refractivity contribution >= 4 is 22.6 Å². The van der Waals surface area contributed by atoms with Crippen LogP contribution >= 0.6 is 0 Å². The molecule has 0 bridgehead atoms. The second kappa shape index (κ2) is 7.35. The van der Waals surface area contributed by atoms with Gasteiger partial charge in [-0.05, 0) is 30.5 Å². The van der Waals surface area contributed by atoms with Crippen molar-refractivity contribution in [1.29, 1.82) is 0 Å². The second-order valence-corrected chi connectivity index (χ2v) is 5.97. The molecule has 0 radical (unpaired) electrons. The summed E-state index contributed by atoms with van der Waals surface area (Å²) in [5.74, 6) is -0.354. The van der Waals surface area contributed by atoms with E-state index in [9.17, 15) is 14.4 Å². The number of para-hydroxylation sites is 1. The van der Waals surface area contributed by atoms with Crippen molar-refractivity contribution in [2.24, 2.45) is 0 Å². The number of benzene rings is 1. The van der Waals surface area contributed by atoms with Gasteiger partial charge in [-0.2, -0.15) is 0 Å². The summed E-state index contributed by atoms with van der Waals surface area (Å²) < 4.78 is 1.41. The van der Waals surface area contributed by atoms with Crippen LogP contribution in [0.4, 0.5) is 5.69 Å². The van der Waals surface area contributed by atoms with Crippen molar-refractivity contribution in [2.75, 3.05) is 5.32 Å². The van der Waals surface area contributed by atoms with Gasteiger partial charge >= 0.3 is 5.69 Å². The first-order chi connectivity index (χ1) is 12.5. The molecule has 7 heteroatoms. The van der Waals surface area contributed by atoms with Gasteiger partial charge in [0.25, 0.3) is 11.5 Å². The molecule has 3 rings (SSSR count). The van der Waals surface area contributed by atoms with Gasteiger partial charge in [-0.3, -0.25) is 19.1 Å². The SMILES string of the molecule is CCCn1c(=O)[nH]c(=O)c2cc(C(=O)Nc3ccccc3CC)cnc21. The fraction of sp³-hybridized carbons (Fsp3) is 0.263. The lowest BCUT2D eigenvalue weighted by molar-refractivity contribution is 0.102. The molecule has 2 N–H and O–H groups in total. The Morgan fingerprint density at radius 2 is 2.00 bits per heavy atom. The predicted molar refractivity (Wildman–Crippen MR) is 101 cm³/mol. The lowest BCUT2D eigenvalue weighted by Crippen LogP contribution is -2.31. The Labute approximate surface area is 149 Å². The van der Waals surface area contributed by atoms with E-state index in [0.717, 1.165) is 24.1 Å². The van der Waals surface area contributed by atoms with Crippen molar-refractivity contribution in [3.05, 3.63) is 68.5 Å². The Bertz CT molecular complexity index is 1080. The fourth-order valence-electron chi connectivity index (χ4n) is 2.87. The Hall–Kier alpha value is -3.22. The van der Waals surface area contributed by atoms with Crippen molar-refractivity contribution in [1.82, 2.24) is 14.5 Å². The van der Waals surface area contributed by atoms with Gasteiger partial charge in [0.1, 0.15) is 5.65 Å². The van der Waals surface area contributed by atoms with Crippen LogP contribution in [-0.2, 0) is 13.0 Å². The molecular weight excluding hydrogens is 332 g/mol. The predicted octanol–water partition coefficient (Wildman–Crippen LogP) is 2.31. The summed E-state index contributed by atoms with van der Waals surface area (Å²) in [6, 6.07) is 9.01. The van der Waals surface area contributed by atoms with E-state index in [2.05, 4.69) is 15.3 Å². The van der Waals surface area contributed by atoms with Gasteiger partial charge in [0.05, 0.1) is 10.9 Å². The van der Waals surface area contributed by atoms with E-state index in [1.54, 1.807) is 0 Å². The number of nitrogens with zero attached hydrogens (tertiary/aromatic N) is 2. The van der Waals surface area contributed by atoms with E-state index in [1.807, 2.05) is 38.1 Å². The zero-order valence-corrected chi connectivity index (χ0v) is 14.7. The Morgan fingerprint density at radius 3 is 2.73 bits per heavy atom. The molecule has 2 aromatic heterocycles. The molecule has 1 aromatic carbocycles. The lowest BCUT2D eigenvalue weighted by atomic mass is 10.1. The van der Waals surface area contributed by atoms with Gasteiger partial charge in [0, 0.05) is 18.4 Å². The van der Waals surface area contributed by atoms with E-state index >= 15 is 0 Å². The van der Waals surface area contributed by atoms with Crippen molar-refractivity contribution in [3.8, 4) is 0 Å². The number of aryl methyl sites for hydroxylation is 2. The molecular formula is C19H20N4O3. The molecule has 0 saturated carbocycles. The molecule has 0 aliphatic rings. The normalized spacial score (nSPS) is 10.8. The first kappa shape index (κ1) is 17.6. The number of rotatable bonds is 5. The van der Waals surface area contributed by atoms with Crippen LogP contribution in [0, 0.1) is 0 Å². The first-order valence-corrected chi connectivity index (χ1v) is 8.57. The number of H-pyrrole nitrogens is 1. The summed E-state index contributed by atoms with van der Waals surface area (Å²) in [6.07, 6.45) is 2.89. The molecule has 7 nitrogen and oxygen atoms in total. The number of fused-ring (bicyclic) bond motifs is 1. The number of carbonyl (C=O) groups excluding carboxylic acids is 1. The third-order valence-electron chi connectivity index (χ3n) is 4.19. The number of amides is 1. The molecule has 0 saturated heterocycles. The highest BCUT2D eigenvalue weighted by Gasteiger charge is 2.14. The van der Waals surface area contributed by atoms with E-state index in [0.29, 0.717) is 6.54 Å². The minimum absolute atomic E-state index is 0.217. The zero-order valence-electron chi connectivity index (χ0n) is 14.7. The monoisotopic (exact) mass is 352 g/mol. The average Bonchev–Trinajstić information content (AvgIpc) is 2.65. The van der Waals surface area contributed by atoms with Crippen LogP contribution < -0.4 is 16.6 Å². The van der Waals surface area contributed by atoms with Gasteiger partial charge in [0.15, 0.2) is 0 Å². The largest absolute Gasteiger partial charge is 0.329 e. The smallest absolute Gasteiger partial charge is 0.322 e. The molecule has 134 valence electrons. The minimum Gasteiger partial charge on any atom is -0.322 e. The van der Waals surface area contributed by atoms with Gasteiger partial charge in [0.2, 0.25) is 0 Å². The molecule has 1 amide bonds. The molecule has 0 unspecified atom stereocenters. The number of carbonyl (C=O) groups is 1. The third kappa shape index (κ3) is 3.28. The standard InChI is InChI=1S/C19H20N4O3/c1-3-9-23-16-14(18(25)22-19(23)26)10-13(11-20-16)17(24)21-15-8-6-5-7-12(15)4-2/h5-8,10-11H,3-4,9H2,1-2H3,(H,21,24)(H,22,25,26). The summed E-state index contributed by atoms with van der Waals surface area (Å²) in [4.78, 5) is 43.2. The van der Waals surface area contributed by atoms with Crippen LogP contribution in [0.15, 0.2) is 46.1 Å². The van der Waals surface area contributed by atoms with Crippen LogP contribution in [0.2, 0.25) is 0 Å². The molecule has 0 aliphatic carbocycles. The zero-order chi connectivity index (χ0) is 18.7. The third-order valence-corrected chi connectivity index (χ3v) is 4.19. The first-order valence-electron chi connectivity index (χ1n) is 8.57. The van der Waals surface area contributed by atoms with Gasteiger partial charge in [-0.15, -0.1) is 0 Å². The minimum atomic E-state index is -0.548. The Kier molecular flexibility index (Phi) is 4.97. The quantitative estimate of drug-likeness (QED) is 0.736. The number of nitrogens with one attached hydrogen (secondary N) is 2. The summed E-state index contributed by atoms with van der Waals surface area (Å²) in [5.41, 5.74) is 1.25. The summed E-state index contributed by atoms with van der Waals surface area (Å²) in [5, 5.41) is 3.07. The van der Waals surface area contributed by atoms with E-state index in [1.165, 1.54) is 16.8 Å². The van der Waals surface area contributed by atoms with Crippen molar-refractivity contribution in [2.45, 2.75) is 33.2 Å². The maximum absolute atomic E-state index is 12.6. The molecule has 0 aliphatic heterocycles. The van der Waals surface area contributed by atoms with Crippen molar-refractivity contribution < 1.29 is 4.79 Å². The van der Waals surface area contributed by atoms with Crippen LogP contribution in [0.3, 0.4) is 0 Å². The maximum atomic E-state index is 12.6. The molecule has 26 heavy (non-hydrogen) atoms. The van der Waals surface area contributed by atoms with Gasteiger partial charge in [-0.1, -0.05) is 32.0 Å². The lowest BCUT2D eigenvalue weighted by Gasteiger charge is -2.11. The van der Waals surface area contributed by atoms with Crippen LogP contribution in [0.5, 0.6) is 0 Å². The summed E-state index contributed by atoms with van der Waals surface area (Å²) >= 11 is 0. The molecule has 0 fully saturated rings. The number of anilines is 1. The van der Waals surface area contributed by atoms with Crippen molar-refractivity contribution in [3.63, 3.8) is 0 Å². The number of hydrogen-bond acceptors (Lipinski definition) is 4.